The molecule has 6 fully saturated rings. The molecule has 12 nitrogen and oxygen atoms in total. The van der Waals surface area contributed by atoms with Crippen molar-refractivity contribution in [3.63, 3.8) is 0 Å². The summed E-state index contributed by atoms with van der Waals surface area (Å²) in [4.78, 5) is 54.0. The molecule has 5 saturated carbocycles. The molecule has 1 saturated heterocycles. The third kappa shape index (κ3) is 11.5. The number of ether oxygens (including phenoxy) is 1. The summed E-state index contributed by atoms with van der Waals surface area (Å²) in [6, 6.07) is 15.2. The Kier molecular flexibility index (Phi) is 15.5. The molecule has 3 N–H and O–H groups in total. The van der Waals surface area contributed by atoms with Gasteiger partial charge in [0.2, 0.25) is 17.8 Å². The van der Waals surface area contributed by atoms with Crippen molar-refractivity contribution in [2.45, 2.75) is 142 Å². The molecule has 2 amide bonds. The maximum Gasteiger partial charge on any atom is 0.257 e. The van der Waals surface area contributed by atoms with Crippen LogP contribution in [-0.2, 0) is 9.59 Å². The van der Waals surface area contributed by atoms with Gasteiger partial charge in [-0.25, -0.2) is 4.98 Å². The van der Waals surface area contributed by atoms with Crippen molar-refractivity contribution in [2.75, 3.05) is 61.9 Å². The molecule has 6 aliphatic rings. The van der Waals surface area contributed by atoms with Gasteiger partial charge in [0.25, 0.3) is 5.56 Å². The Morgan fingerprint density at radius 3 is 2.25 bits per heavy atom. The molecule has 0 radical (unpaired) electrons. The lowest BCUT2D eigenvalue weighted by Gasteiger charge is -2.36. The number of benzene rings is 2. The summed E-state index contributed by atoms with van der Waals surface area (Å²) >= 11 is 0. The SMILES string of the molecule is COc1cc(N2CCN(CCCCCCCCCCCCNC(=O)CC34CC5CC(CC3C5)C4)CC2)ccc1Nc1ncc2c(C)cc(=O)n(-c3cccc(NC(=O)C4CCCCC4)c3)c2n1. The van der Waals surface area contributed by atoms with Gasteiger partial charge in [-0.05, 0) is 130 Å². The van der Waals surface area contributed by atoms with Gasteiger partial charge in [0, 0.05) is 80.2 Å². The van der Waals surface area contributed by atoms with Crippen molar-refractivity contribution >= 4 is 45.9 Å². The topological polar surface area (TPSA) is 134 Å². The summed E-state index contributed by atoms with van der Waals surface area (Å²) in [5, 5.41) is 10.5. The van der Waals surface area contributed by atoms with Gasteiger partial charge in [0.15, 0.2) is 5.65 Å². The smallest absolute Gasteiger partial charge is 0.257 e. The molecule has 67 heavy (non-hydrogen) atoms. The lowest BCUT2D eigenvalue weighted by atomic mass is 9.73. The summed E-state index contributed by atoms with van der Waals surface area (Å²) in [5.41, 5.74) is 4.59. The first kappa shape index (κ1) is 47.1. The van der Waals surface area contributed by atoms with Gasteiger partial charge in [-0.15, -0.1) is 0 Å². The summed E-state index contributed by atoms with van der Waals surface area (Å²) in [6.07, 6.45) is 27.5. The third-order valence-corrected chi connectivity index (χ3v) is 16.4. The molecule has 1 aliphatic heterocycles. The van der Waals surface area contributed by atoms with Gasteiger partial charge in [-0.1, -0.05) is 76.7 Å². The molecule has 10 rings (SSSR count). The molecule has 2 aromatic heterocycles. The zero-order valence-corrected chi connectivity index (χ0v) is 40.5. The average molecular weight is 913 g/mol. The van der Waals surface area contributed by atoms with Gasteiger partial charge in [0.05, 0.1) is 18.5 Å². The van der Waals surface area contributed by atoms with Gasteiger partial charge < -0.3 is 25.6 Å². The highest BCUT2D eigenvalue weighted by Gasteiger charge is 2.58. The number of carbonyl (C=O) groups excluding carboxylic acids is 2. The number of anilines is 4. The molecular weight excluding hydrogens is 837 g/mol. The average Bonchev–Trinajstić information content (AvgIpc) is 3.72. The first-order valence-corrected chi connectivity index (χ1v) is 26.2. The van der Waals surface area contributed by atoms with Gasteiger partial charge in [-0.2, -0.15) is 4.98 Å². The van der Waals surface area contributed by atoms with E-state index in [-0.39, 0.29) is 17.4 Å². The van der Waals surface area contributed by atoms with Crippen LogP contribution < -0.4 is 31.1 Å². The fourth-order valence-corrected chi connectivity index (χ4v) is 13.0. The van der Waals surface area contributed by atoms with Crippen LogP contribution in [-0.4, -0.2) is 77.6 Å². The van der Waals surface area contributed by atoms with Gasteiger partial charge >= 0.3 is 0 Å². The Balaban J connectivity index is 0.673. The molecular formula is C55H76N8O4. The minimum atomic E-state index is -0.207. The van der Waals surface area contributed by atoms with Crippen LogP contribution in [0.15, 0.2) is 59.5 Å². The number of pyridine rings is 1. The third-order valence-electron chi connectivity index (χ3n) is 16.4. The normalized spacial score (nSPS) is 22.7. The van der Waals surface area contributed by atoms with Gasteiger partial charge in [-0.3, -0.25) is 23.9 Å². The van der Waals surface area contributed by atoms with E-state index >= 15 is 0 Å². The van der Waals surface area contributed by atoms with E-state index in [1.165, 1.54) is 103 Å². The molecule has 5 aliphatic carbocycles. The fourth-order valence-electron chi connectivity index (χ4n) is 13.0. The number of rotatable bonds is 22. The highest BCUT2D eigenvalue weighted by Crippen LogP contribution is 2.66. The van der Waals surface area contributed by atoms with E-state index in [9.17, 15) is 14.4 Å². The summed E-state index contributed by atoms with van der Waals surface area (Å²) in [5.74, 6) is 4.15. The number of hydrogen-bond donors (Lipinski definition) is 3. The Morgan fingerprint density at radius 2 is 1.52 bits per heavy atom. The van der Waals surface area contributed by atoms with Crippen LogP contribution in [0.25, 0.3) is 16.7 Å². The number of aromatic nitrogens is 3. The molecule has 2 atom stereocenters. The van der Waals surface area contributed by atoms with Crippen LogP contribution >= 0.6 is 0 Å². The molecule has 2 unspecified atom stereocenters. The maximum atomic E-state index is 13.6. The highest BCUT2D eigenvalue weighted by molar-refractivity contribution is 5.93. The minimum Gasteiger partial charge on any atom is -0.494 e. The van der Waals surface area contributed by atoms with E-state index in [0.29, 0.717) is 40.0 Å². The van der Waals surface area contributed by atoms with E-state index in [1.807, 2.05) is 37.3 Å². The second-order valence-electron chi connectivity index (χ2n) is 21.1. The fraction of sp³-hybridized carbons (Fsp3) is 0.618. The van der Waals surface area contributed by atoms with Crippen molar-refractivity contribution in [3.8, 4) is 11.4 Å². The van der Waals surface area contributed by atoms with Crippen LogP contribution in [0.2, 0.25) is 0 Å². The number of aryl methyl sites for hydroxylation is 1. The highest BCUT2D eigenvalue weighted by atomic mass is 16.5. The summed E-state index contributed by atoms with van der Waals surface area (Å²) in [7, 11) is 1.68. The zero-order chi connectivity index (χ0) is 46.2. The number of fused-ring (bicyclic) bond motifs is 1. The van der Waals surface area contributed by atoms with Crippen molar-refractivity contribution in [1.82, 2.24) is 24.8 Å². The van der Waals surface area contributed by atoms with E-state index in [2.05, 4.69) is 42.9 Å². The molecule has 4 bridgehead atoms. The largest absolute Gasteiger partial charge is 0.494 e. The summed E-state index contributed by atoms with van der Waals surface area (Å²) in [6.45, 7) is 7.97. The first-order valence-electron chi connectivity index (χ1n) is 26.2. The molecule has 3 heterocycles. The first-order chi connectivity index (χ1) is 32.7. The quantitative estimate of drug-likeness (QED) is 0.0659. The minimum absolute atomic E-state index is 0.0278. The zero-order valence-electron chi connectivity index (χ0n) is 40.5. The Labute approximate surface area is 398 Å². The second kappa shape index (κ2) is 22.0. The van der Waals surface area contributed by atoms with Crippen LogP contribution in [0.3, 0.4) is 0 Å². The lowest BCUT2D eigenvalue weighted by molar-refractivity contribution is -0.124. The molecule has 12 heteroatoms. The molecule has 0 spiro atoms. The second-order valence-corrected chi connectivity index (χ2v) is 21.1. The van der Waals surface area contributed by atoms with E-state index < -0.39 is 0 Å². The number of nitrogens with one attached hydrogen (secondary N) is 3. The number of carbonyl (C=O) groups is 2. The molecule has 360 valence electrons. The predicted octanol–water partition coefficient (Wildman–Crippen LogP) is 10.7. The molecule has 4 aromatic rings. The van der Waals surface area contributed by atoms with Crippen LogP contribution in [0.5, 0.6) is 5.75 Å². The van der Waals surface area contributed by atoms with Crippen molar-refractivity contribution < 1.29 is 14.3 Å². The number of unbranched alkanes of at least 4 members (excludes halogenated alkanes) is 9. The predicted molar refractivity (Wildman–Crippen MR) is 270 cm³/mol. The number of hydrogen-bond acceptors (Lipinski definition) is 9. The van der Waals surface area contributed by atoms with Crippen LogP contribution in [0.4, 0.5) is 23.0 Å². The Hall–Kier alpha value is -4.97. The lowest BCUT2D eigenvalue weighted by Crippen LogP contribution is -2.46. The number of nitrogens with zero attached hydrogens (tertiary/aromatic N) is 5. The van der Waals surface area contributed by atoms with Crippen molar-refractivity contribution in [1.29, 1.82) is 0 Å². The van der Waals surface area contributed by atoms with E-state index in [1.54, 1.807) is 23.9 Å². The maximum absolute atomic E-state index is 13.6. The monoisotopic (exact) mass is 913 g/mol. The Morgan fingerprint density at radius 1 is 0.806 bits per heavy atom. The van der Waals surface area contributed by atoms with Crippen LogP contribution in [0, 0.1) is 36.0 Å². The van der Waals surface area contributed by atoms with E-state index in [0.717, 1.165) is 111 Å². The molecule has 2 aromatic carbocycles. The van der Waals surface area contributed by atoms with Gasteiger partial charge in [0.1, 0.15) is 5.75 Å². The van der Waals surface area contributed by atoms with E-state index in [4.69, 9.17) is 9.72 Å². The number of amides is 2. The number of methoxy groups -OCH3 is 1. The van der Waals surface area contributed by atoms with Crippen molar-refractivity contribution in [3.05, 3.63) is 70.6 Å². The summed E-state index contributed by atoms with van der Waals surface area (Å²) < 4.78 is 7.47. The van der Waals surface area contributed by atoms with Crippen LogP contribution in [0.1, 0.15) is 140 Å². The number of piperazine rings is 1. The van der Waals surface area contributed by atoms with Crippen molar-refractivity contribution in [2.24, 2.45) is 29.1 Å². The standard InChI is InChI=1S/C55H76N8O4/c1-39-29-51(65)63(46-20-16-19-44(33-46)58-53(66)42-17-12-11-13-18-42)52-47(39)38-57-54(60-52)59-48-22-21-45(34-49(48)67-2)62-27-25-61(26-28-62)24-15-10-8-6-4-3-5-7-9-14-23-56-50(64)37-55-35-40-30-41(36-55)32-43(55)31-40/h16,19-22,29,33-34,38,40-43H,3-15,17-18,23-28,30-32,35-37H2,1-2H3,(H,56,64)(H,58,66)(H,57,59,60). The Bertz CT molecular complexity index is 2370.